The van der Waals surface area contributed by atoms with Crippen molar-refractivity contribution in [3.8, 4) is 16.8 Å². The summed E-state index contributed by atoms with van der Waals surface area (Å²) in [5.41, 5.74) is 5.14. The fourth-order valence-corrected chi connectivity index (χ4v) is 4.97. The summed E-state index contributed by atoms with van der Waals surface area (Å²) < 4.78 is 4.12. The molecule has 0 unspecified atom stereocenters. The van der Waals surface area contributed by atoms with Gasteiger partial charge in [-0.2, -0.15) is 0 Å². The molecule has 1 aliphatic rings. The first-order valence-corrected chi connectivity index (χ1v) is 10.7. The predicted molar refractivity (Wildman–Crippen MR) is 121 cm³/mol. The van der Waals surface area contributed by atoms with Crippen molar-refractivity contribution in [3.05, 3.63) is 86.5 Å². The molecule has 0 aliphatic carbocycles. The lowest BCUT2D eigenvalue weighted by molar-refractivity contribution is 0.869. The minimum Gasteiger partial charge on any atom is -0.344 e. The molecule has 5 rings (SSSR count). The zero-order valence-corrected chi connectivity index (χ0v) is 18.3. The largest absolute Gasteiger partial charge is 0.344 e. The second-order valence-corrected chi connectivity index (χ2v) is 8.60. The molecule has 0 amide bonds. The summed E-state index contributed by atoms with van der Waals surface area (Å²) in [5, 5.41) is 10.4. The Labute approximate surface area is 183 Å². The molecule has 5 nitrogen and oxygen atoms in total. The number of thiophene rings is 1. The van der Waals surface area contributed by atoms with Crippen LogP contribution in [0.3, 0.4) is 0 Å². The van der Waals surface area contributed by atoms with Crippen molar-refractivity contribution in [2.45, 2.75) is 20.4 Å². The quantitative estimate of drug-likeness (QED) is 0.410. The number of benzene rings is 1. The van der Waals surface area contributed by atoms with Crippen LogP contribution in [0, 0.1) is 25.7 Å². The molecule has 0 saturated heterocycles. The summed E-state index contributed by atoms with van der Waals surface area (Å²) in [6, 6.07) is 11.8. The molecule has 0 spiro atoms. The Morgan fingerprint density at radius 1 is 1.07 bits per heavy atom. The molecule has 148 valence electrons. The van der Waals surface area contributed by atoms with E-state index < -0.39 is 0 Å². The number of aryl methyl sites for hydroxylation is 2. The van der Waals surface area contributed by atoms with Crippen LogP contribution in [0.4, 0.5) is 0 Å². The highest BCUT2D eigenvalue weighted by Crippen LogP contribution is 2.36. The lowest BCUT2D eigenvalue weighted by atomic mass is 10.00. The summed E-state index contributed by atoms with van der Waals surface area (Å²) in [6.45, 7) is 4.56. The van der Waals surface area contributed by atoms with Gasteiger partial charge in [0.25, 0.3) is 0 Å². The molecule has 0 saturated carbocycles. The van der Waals surface area contributed by atoms with E-state index in [1.165, 1.54) is 0 Å². The summed E-state index contributed by atoms with van der Waals surface area (Å²) in [5.74, 6) is 8.35. The highest BCUT2D eigenvalue weighted by atomic mass is 35.5. The van der Waals surface area contributed by atoms with Gasteiger partial charge in [0.1, 0.15) is 17.4 Å². The molecule has 1 aromatic carbocycles. The van der Waals surface area contributed by atoms with E-state index in [1.807, 2.05) is 61.1 Å². The van der Waals surface area contributed by atoms with Gasteiger partial charge < -0.3 is 4.57 Å². The highest BCUT2D eigenvalue weighted by molar-refractivity contribution is 7.15. The summed E-state index contributed by atoms with van der Waals surface area (Å²) in [4.78, 5) is 5.94. The lowest BCUT2D eigenvalue weighted by Crippen LogP contribution is -2.07. The Bertz CT molecular complexity index is 1360. The van der Waals surface area contributed by atoms with Gasteiger partial charge in [0.05, 0.1) is 16.3 Å². The van der Waals surface area contributed by atoms with Crippen LogP contribution in [-0.2, 0) is 13.6 Å². The summed E-state index contributed by atoms with van der Waals surface area (Å²) in [7, 11) is 2.00. The summed E-state index contributed by atoms with van der Waals surface area (Å²) >= 11 is 7.78. The van der Waals surface area contributed by atoms with Crippen LogP contribution in [0.1, 0.15) is 38.9 Å². The van der Waals surface area contributed by atoms with E-state index >= 15 is 0 Å². The molecule has 0 bridgehead atoms. The SMILES string of the molecule is Cc1c(C#Cc2cccn2C)sc2c1C(c1ccc(Cl)cc1)=NCc1nnc(C)n1-2. The van der Waals surface area contributed by atoms with Gasteiger partial charge in [-0.1, -0.05) is 23.7 Å². The van der Waals surface area contributed by atoms with Gasteiger partial charge in [0.2, 0.25) is 0 Å². The molecule has 7 heteroatoms. The predicted octanol–water partition coefficient (Wildman–Crippen LogP) is 4.69. The van der Waals surface area contributed by atoms with Gasteiger partial charge in [0, 0.05) is 29.4 Å². The van der Waals surface area contributed by atoms with Crippen molar-refractivity contribution in [1.29, 1.82) is 0 Å². The van der Waals surface area contributed by atoms with Gasteiger partial charge in [-0.15, -0.1) is 21.5 Å². The fraction of sp³-hybridized carbons (Fsp3) is 0.174. The van der Waals surface area contributed by atoms with Gasteiger partial charge in [-0.05, 0) is 55.5 Å². The zero-order chi connectivity index (χ0) is 20.8. The molecule has 4 aromatic rings. The zero-order valence-electron chi connectivity index (χ0n) is 16.8. The maximum Gasteiger partial charge on any atom is 0.160 e. The second kappa shape index (κ2) is 7.28. The van der Waals surface area contributed by atoms with Gasteiger partial charge in [0.15, 0.2) is 5.82 Å². The number of fused-ring (bicyclic) bond motifs is 3. The maximum atomic E-state index is 6.12. The van der Waals surface area contributed by atoms with Crippen molar-refractivity contribution in [1.82, 2.24) is 19.3 Å². The average Bonchev–Trinajstić information content (AvgIpc) is 3.37. The number of aromatic nitrogens is 4. The Hall–Kier alpha value is -3.14. The molecule has 1 aliphatic heterocycles. The molecular formula is C23H18ClN5S. The van der Waals surface area contributed by atoms with Crippen LogP contribution in [-0.4, -0.2) is 25.0 Å². The molecule has 30 heavy (non-hydrogen) atoms. The van der Waals surface area contributed by atoms with Crippen molar-refractivity contribution < 1.29 is 0 Å². The molecule has 0 N–H and O–H groups in total. The van der Waals surface area contributed by atoms with E-state index in [1.54, 1.807) is 11.3 Å². The fourth-order valence-electron chi connectivity index (χ4n) is 3.61. The third-order valence-corrected chi connectivity index (χ3v) is 6.65. The second-order valence-electron chi connectivity index (χ2n) is 7.16. The van der Waals surface area contributed by atoms with Crippen molar-refractivity contribution >= 4 is 28.6 Å². The van der Waals surface area contributed by atoms with Crippen molar-refractivity contribution in [2.75, 3.05) is 0 Å². The third kappa shape index (κ3) is 3.07. The molecular weight excluding hydrogens is 414 g/mol. The smallest absolute Gasteiger partial charge is 0.160 e. The van der Waals surface area contributed by atoms with Gasteiger partial charge in [-0.25, -0.2) is 0 Å². The number of hydrogen-bond acceptors (Lipinski definition) is 4. The van der Waals surface area contributed by atoms with E-state index in [2.05, 4.69) is 33.5 Å². The van der Waals surface area contributed by atoms with Crippen LogP contribution >= 0.6 is 22.9 Å². The molecule has 0 fully saturated rings. The third-order valence-electron chi connectivity index (χ3n) is 5.20. The van der Waals surface area contributed by atoms with Crippen LogP contribution in [0.5, 0.6) is 0 Å². The van der Waals surface area contributed by atoms with E-state index in [0.717, 1.165) is 49.6 Å². The first-order chi connectivity index (χ1) is 14.5. The number of rotatable bonds is 1. The highest BCUT2D eigenvalue weighted by Gasteiger charge is 2.27. The van der Waals surface area contributed by atoms with E-state index in [0.29, 0.717) is 11.6 Å². The number of aliphatic imine (C=N–C) groups is 1. The summed E-state index contributed by atoms with van der Waals surface area (Å²) in [6.07, 6.45) is 2.00. The molecule has 0 atom stereocenters. The number of hydrogen-bond donors (Lipinski definition) is 0. The topological polar surface area (TPSA) is 48.0 Å². The molecule has 3 aromatic heterocycles. The number of halogens is 1. The normalized spacial score (nSPS) is 12.5. The molecule has 0 radical (unpaired) electrons. The van der Waals surface area contributed by atoms with Crippen LogP contribution in [0.2, 0.25) is 5.02 Å². The maximum absolute atomic E-state index is 6.12. The minimum absolute atomic E-state index is 0.476. The Kier molecular flexibility index (Phi) is 4.58. The van der Waals surface area contributed by atoms with Crippen LogP contribution < -0.4 is 0 Å². The van der Waals surface area contributed by atoms with E-state index in [-0.39, 0.29) is 0 Å². The van der Waals surface area contributed by atoms with Crippen molar-refractivity contribution in [3.63, 3.8) is 0 Å². The standard InChI is InChI=1S/C23H18ClN5S/c1-14-19(11-10-18-5-4-12-28(18)3)30-23-21(14)22(16-6-8-17(24)9-7-16)25-13-20-27-26-15(2)29(20)23/h4-9,12H,13H2,1-3H3. The lowest BCUT2D eigenvalue weighted by Gasteiger charge is -2.09. The molecule has 4 heterocycles. The van der Waals surface area contributed by atoms with Gasteiger partial charge >= 0.3 is 0 Å². The van der Waals surface area contributed by atoms with E-state index in [4.69, 9.17) is 16.6 Å². The van der Waals surface area contributed by atoms with Crippen LogP contribution in [0.15, 0.2) is 47.6 Å². The first kappa shape index (κ1) is 18.9. The first-order valence-electron chi connectivity index (χ1n) is 9.51. The van der Waals surface area contributed by atoms with Gasteiger partial charge in [-0.3, -0.25) is 9.56 Å². The van der Waals surface area contributed by atoms with E-state index in [9.17, 15) is 0 Å². The Balaban J connectivity index is 1.72. The Morgan fingerprint density at radius 3 is 2.60 bits per heavy atom. The van der Waals surface area contributed by atoms with Crippen molar-refractivity contribution in [2.24, 2.45) is 12.0 Å². The average molecular weight is 432 g/mol. The monoisotopic (exact) mass is 431 g/mol. The Morgan fingerprint density at radius 2 is 1.87 bits per heavy atom. The van der Waals surface area contributed by atoms with Crippen LogP contribution in [0.25, 0.3) is 5.00 Å². The number of nitrogens with zero attached hydrogens (tertiary/aromatic N) is 5. The minimum atomic E-state index is 0.476.